The molecule has 0 atom stereocenters. The molecule has 138 valence electrons. The smallest absolute Gasteiger partial charge is 0.282 e. The van der Waals surface area contributed by atoms with Crippen LogP contribution in [0.25, 0.3) is 5.57 Å². The van der Waals surface area contributed by atoms with E-state index >= 15 is 0 Å². The molecule has 0 N–H and O–H groups in total. The van der Waals surface area contributed by atoms with Crippen LogP contribution < -0.4 is 9.80 Å². The van der Waals surface area contributed by atoms with Crippen molar-refractivity contribution in [3.8, 4) is 0 Å². The SMILES string of the molecule is CN(C1=C(c2ccccc2)C(=O)N(c2ccccc2F)C1=O)c1ccccc1. The normalized spacial score (nSPS) is 14.0. The van der Waals surface area contributed by atoms with Gasteiger partial charge in [-0.1, -0.05) is 60.7 Å². The Morgan fingerprint density at radius 2 is 1.32 bits per heavy atom. The summed E-state index contributed by atoms with van der Waals surface area (Å²) in [6, 6.07) is 24.0. The summed E-state index contributed by atoms with van der Waals surface area (Å²) in [6.45, 7) is 0. The lowest BCUT2D eigenvalue weighted by molar-refractivity contribution is -0.120. The molecule has 0 fully saturated rings. The Kier molecular flexibility index (Phi) is 4.49. The van der Waals surface area contributed by atoms with Crippen molar-refractivity contribution in [2.75, 3.05) is 16.8 Å². The van der Waals surface area contributed by atoms with E-state index in [9.17, 15) is 14.0 Å². The van der Waals surface area contributed by atoms with Gasteiger partial charge in [0, 0.05) is 12.7 Å². The summed E-state index contributed by atoms with van der Waals surface area (Å²) in [4.78, 5) is 29.2. The van der Waals surface area contributed by atoms with E-state index in [0.717, 1.165) is 10.6 Å². The van der Waals surface area contributed by atoms with Gasteiger partial charge in [0.1, 0.15) is 11.5 Å². The van der Waals surface area contributed by atoms with Gasteiger partial charge in [-0.25, -0.2) is 9.29 Å². The molecule has 1 heterocycles. The Hall–Kier alpha value is -3.73. The largest absolute Gasteiger partial charge is 0.339 e. The highest BCUT2D eigenvalue weighted by molar-refractivity contribution is 6.46. The second-order valence-corrected chi connectivity index (χ2v) is 6.38. The lowest BCUT2D eigenvalue weighted by atomic mass is 10.0. The monoisotopic (exact) mass is 372 g/mol. The average Bonchev–Trinajstić information content (AvgIpc) is 2.99. The van der Waals surface area contributed by atoms with E-state index in [1.54, 1.807) is 42.3 Å². The fourth-order valence-electron chi connectivity index (χ4n) is 3.33. The van der Waals surface area contributed by atoms with E-state index in [2.05, 4.69) is 0 Å². The van der Waals surface area contributed by atoms with E-state index in [1.807, 2.05) is 36.4 Å². The van der Waals surface area contributed by atoms with Crippen LogP contribution >= 0.6 is 0 Å². The topological polar surface area (TPSA) is 40.6 Å². The van der Waals surface area contributed by atoms with Crippen molar-refractivity contribution in [3.05, 3.63) is 102 Å². The van der Waals surface area contributed by atoms with Crippen LogP contribution in [-0.2, 0) is 9.59 Å². The van der Waals surface area contributed by atoms with Crippen LogP contribution in [-0.4, -0.2) is 18.9 Å². The van der Waals surface area contributed by atoms with Gasteiger partial charge in [0.15, 0.2) is 0 Å². The van der Waals surface area contributed by atoms with Crippen molar-refractivity contribution in [2.24, 2.45) is 0 Å². The van der Waals surface area contributed by atoms with Crippen LogP contribution in [0.3, 0.4) is 0 Å². The number of likely N-dealkylation sites (N-methyl/N-ethyl adjacent to an activating group) is 1. The Morgan fingerprint density at radius 3 is 1.96 bits per heavy atom. The summed E-state index contributed by atoms with van der Waals surface area (Å²) in [5.74, 6) is -1.72. The number of imide groups is 1. The molecule has 0 saturated carbocycles. The lowest BCUT2D eigenvalue weighted by Crippen LogP contribution is -2.34. The predicted molar refractivity (Wildman–Crippen MR) is 107 cm³/mol. The van der Waals surface area contributed by atoms with E-state index in [1.165, 1.54) is 18.2 Å². The van der Waals surface area contributed by atoms with Gasteiger partial charge in [0.2, 0.25) is 0 Å². The van der Waals surface area contributed by atoms with Crippen LogP contribution in [0.1, 0.15) is 5.56 Å². The van der Waals surface area contributed by atoms with Gasteiger partial charge in [-0.15, -0.1) is 0 Å². The van der Waals surface area contributed by atoms with Crippen molar-refractivity contribution in [3.63, 3.8) is 0 Å². The van der Waals surface area contributed by atoms with Gasteiger partial charge in [0.25, 0.3) is 11.8 Å². The Balaban J connectivity index is 1.90. The first-order valence-electron chi connectivity index (χ1n) is 8.81. The lowest BCUT2D eigenvalue weighted by Gasteiger charge is -2.21. The van der Waals surface area contributed by atoms with E-state index in [-0.39, 0.29) is 17.0 Å². The molecule has 1 aliphatic rings. The summed E-state index contributed by atoms with van der Waals surface area (Å²) in [6.07, 6.45) is 0. The maximum atomic E-state index is 14.4. The summed E-state index contributed by atoms with van der Waals surface area (Å²) in [5.41, 5.74) is 1.77. The first kappa shape index (κ1) is 17.7. The molecule has 3 aromatic carbocycles. The van der Waals surface area contributed by atoms with E-state index in [0.29, 0.717) is 5.56 Å². The molecule has 5 heteroatoms. The van der Waals surface area contributed by atoms with Gasteiger partial charge in [-0.2, -0.15) is 0 Å². The molecule has 0 bridgehead atoms. The molecule has 28 heavy (non-hydrogen) atoms. The molecule has 0 aliphatic carbocycles. The second kappa shape index (κ2) is 7.12. The third-order valence-corrected chi connectivity index (χ3v) is 4.69. The minimum atomic E-state index is -0.625. The van der Waals surface area contributed by atoms with Gasteiger partial charge >= 0.3 is 0 Å². The van der Waals surface area contributed by atoms with Crippen LogP contribution in [0.2, 0.25) is 0 Å². The number of halogens is 1. The highest BCUT2D eigenvalue weighted by Crippen LogP contribution is 2.36. The molecule has 0 aromatic heterocycles. The van der Waals surface area contributed by atoms with E-state index < -0.39 is 17.6 Å². The third kappa shape index (κ3) is 2.87. The summed E-state index contributed by atoms with van der Waals surface area (Å²) < 4.78 is 14.4. The van der Waals surface area contributed by atoms with Crippen LogP contribution in [0, 0.1) is 5.82 Å². The fourth-order valence-corrected chi connectivity index (χ4v) is 3.33. The Bertz CT molecular complexity index is 1080. The molecule has 0 saturated heterocycles. The number of amides is 2. The maximum absolute atomic E-state index is 14.4. The molecule has 0 radical (unpaired) electrons. The van der Waals surface area contributed by atoms with Gasteiger partial charge in [0.05, 0.1) is 11.3 Å². The molecular weight excluding hydrogens is 355 g/mol. The molecule has 3 aromatic rings. The van der Waals surface area contributed by atoms with Gasteiger partial charge in [-0.05, 0) is 29.8 Å². The van der Waals surface area contributed by atoms with Gasteiger partial charge in [-0.3, -0.25) is 9.59 Å². The molecule has 4 rings (SSSR count). The average molecular weight is 372 g/mol. The zero-order valence-electron chi connectivity index (χ0n) is 15.2. The zero-order valence-corrected chi connectivity index (χ0v) is 15.2. The third-order valence-electron chi connectivity index (χ3n) is 4.69. The molecule has 2 amide bonds. The van der Waals surface area contributed by atoms with Crippen LogP contribution in [0.5, 0.6) is 0 Å². The number of carbonyl (C=O) groups excluding carboxylic acids is 2. The Labute approximate surface area is 162 Å². The van der Waals surface area contributed by atoms with Gasteiger partial charge < -0.3 is 4.90 Å². The fraction of sp³-hybridized carbons (Fsp3) is 0.0435. The molecule has 4 nitrogen and oxygen atoms in total. The quantitative estimate of drug-likeness (QED) is 0.643. The highest BCUT2D eigenvalue weighted by atomic mass is 19.1. The second-order valence-electron chi connectivity index (χ2n) is 6.38. The predicted octanol–water partition coefficient (Wildman–Crippen LogP) is 4.25. The van der Waals surface area contributed by atoms with Crippen LogP contribution in [0.15, 0.2) is 90.6 Å². The molecule has 0 unspecified atom stereocenters. The van der Waals surface area contributed by atoms with Crippen molar-refractivity contribution in [1.82, 2.24) is 0 Å². The molecule has 0 spiro atoms. The maximum Gasteiger partial charge on any atom is 0.282 e. The minimum absolute atomic E-state index is 0.0533. The number of rotatable bonds is 4. The number of para-hydroxylation sites is 2. The van der Waals surface area contributed by atoms with Crippen molar-refractivity contribution in [1.29, 1.82) is 0 Å². The molecule has 1 aliphatic heterocycles. The molecular formula is C23H17FN2O2. The van der Waals surface area contributed by atoms with Crippen molar-refractivity contribution < 1.29 is 14.0 Å². The van der Waals surface area contributed by atoms with Crippen molar-refractivity contribution >= 4 is 28.8 Å². The standard InChI is InChI=1S/C23H17FN2O2/c1-25(17-12-6-3-7-13-17)21-20(16-10-4-2-5-11-16)22(27)26(23(21)28)19-15-9-8-14-18(19)24/h2-15H,1H3. The summed E-state index contributed by atoms with van der Waals surface area (Å²) in [5, 5.41) is 0. The van der Waals surface area contributed by atoms with E-state index in [4.69, 9.17) is 0 Å². The number of benzene rings is 3. The summed E-state index contributed by atoms with van der Waals surface area (Å²) >= 11 is 0. The number of anilines is 2. The zero-order chi connectivity index (χ0) is 19.7. The number of nitrogens with zero attached hydrogens (tertiary/aromatic N) is 2. The first-order valence-corrected chi connectivity index (χ1v) is 8.81. The summed E-state index contributed by atoms with van der Waals surface area (Å²) in [7, 11) is 1.73. The number of hydrogen-bond acceptors (Lipinski definition) is 3. The number of hydrogen-bond donors (Lipinski definition) is 0. The Morgan fingerprint density at radius 1 is 0.750 bits per heavy atom. The minimum Gasteiger partial charge on any atom is -0.339 e. The van der Waals surface area contributed by atoms with Crippen molar-refractivity contribution in [2.45, 2.75) is 0 Å². The number of carbonyl (C=O) groups is 2. The highest BCUT2D eigenvalue weighted by Gasteiger charge is 2.42. The van der Waals surface area contributed by atoms with Crippen LogP contribution in [0.4, 0.5) is 15.8 Å². The first-order chi connectivity index (χ1) is 13.6.